The molecule has 2 amide bonds. The monoisotopic (exact) mass is 437 g/mol. The maximum absolute atomic E-state index is 12.4. The van der Waals surface area contributed by atoms with Crippen molar-refractivity contribution in [1.82, 2.24) is 9.88 Å². The Labute approximate surface area is 178 Å². The van der Waals surface area contributed by atoms with Crippen molar-refractivity contribution in [1.29, 1.82) is 0 Å². The number of carbonyl (C=O) groups excluding carboxylic acids is 1. The molecular weight excluding hydrogens is 417 g/mol. The fourth-order valence-electron chi connectivity index (χ4n) is 2.99. The van der Waals surface area contributed by atoms with Crippen LogP contribution in [0.3, 0.4) is 0 Å². The molecular formula is C19H21Cl2N5O3. The molecule has 1 atom stereocenters. The number of carboxylic acid groups (broad SMARTS) is 1. The molecule has 0 bridgehead atoms. The second-order valence-corrected chi connectivity index (χ2v) is 7.38. The van der Waals surface area contributed by atoms with Gasteiger partial charge in [0.25, 0.3) is 0 Å². The number of carbonyl (C=O) groups is 2. The Morgan fingerprint density at radius 2 is 1.72 bits per heavy atom. The molecule has 0 radical (unpaired) electrons. The van der Waals surface area contributed by atoms with Crippen LogP contribution in [0.25, 0.3) is 0 Å². The zero-order chi connectivity index (χ0) is 21.0. The molecule has 8 nitrogen and oxygen atoms in total. The summed E-state index contributed by atoms with van der Waals surface area (Å²) in [5, 5.41) is 15.3. The van der Waals surface area contributed by atoms with Crippen LogP contribution in [0.4, 0.5) is 21.9 Å². The fraction of sp³-hybridized carbons (Fsp3) is 0.316. The second kappa shape index (κ2) is 9.19. The highest BCUT2D eigenvalue weighted by atomic mass is 35.5. The first-order valence-corrected chi connectivity index (χ1v) is 9.81. The van der Waals surface area contributed by atoms with Gasteiger partial charge in [-0.15, -0.1) is 0 Å². The number of nitrogens with one attached hydrogen (secondary N) is 2. The predicted molar refractivity (Wildman–Crippen MR) is 114 cm³/mol. The molecule has 3 N–H and O–H groups in total. The second-order valence-electron chi connectivity index (χ2n) is 6.63. The van der Waals surface area contributed by atoms with Crippen LogP contribution in [0.5, 0.6) is 0 Å². The van der Waals surface area contributed by atoms with Gasteiger partial charge in [-0.1, -0.05) is 23.2 Å². The van der Waals surface area contributed by atoms with Crippen molar-refractivity contribution < 1.29 is 14.7 Å². The summed E-state index contributed by atoms with van der Waals surface area (Å²) >= 11 is 11.7. The minimum atomic E-state index is -0.882. The molecule has 1 fully saturated rings. The van der Waals surface area contributed by atoms with Gasteiger partial charge in [0.05, 0.1) is 5.69 Å². The van der Waals surface area contributed by atoms with Crippen LogP contribution < -0.4 is 15.5 Å². The molecule has 1 saturated heterocycles. The fourth-order valence-corrected chi connectivity index (χ4v) is 3.38. The van der Waals surface area contributed by atoms with Gasteiger partial charge in [0.15, 0.2) is 5.15 Å². The molecule has 0 saturated carbocycles. The number of nitrogens with zero attached hydrogens (tertiary/aromatic N) is 3. The summed E-state index contributed by atoms with van der Waals surface area (Å²) in [4.78, 5) is 30.8. The van der Waals surface area contributed by atoms with Gasteiger partial charge in [-0.25, -0.2) is 9.78 Å². The summed E-state index contributed by atoms with van der Waals surface area (Å²) in [5.74, 6) is -0.259. The highest BCUT2D eigenvalue weighted by Gasteiger charge is 2.20. The summed E-state index contributed by atoms with van der Waals surface area (Å²) in [6.45, 7) is 4.00. The third-order valence-electron chi connectivity index (χ3n) is 4.63. The lowest BCUT2D eigenvalue weighted by molar-refractivity contribution is -0.116. The van der Waals surface area contributed by atoms with E-state index in [9.17, 15) is 9.59 Å². The van der Waals surface area contributed by atoms with E-state index >= 15 is 0 Å². The van der Waals surface area contributed by atoms with Crippen LogP contribution in [0.15, 0.2) is 36.4 Å². The van der Waals surface area contributed by atoms with Crippen LogP contribution in [-0.4, -0.2) is 59.2 Å². The quantitative estimate of drug-likeness (QED) is 0.617. The summed E-state index contributed by atoms with van der Waals surface area (Å²) in [5.41, 5.74) is 2.20. The SMILES string of the molecule is CC(Nc1ccc(N2CCN(C(=O)O)CC2)cc1)C(=O)Nc1ccc(Cl)nc1Cl. The lowest BCUT2D eigenvalue weighted by Gasteiger charge is -2.34. The lowest BCUT2D eigenvalue weighted by atomic mass is 10.2. The van der Waals surface area contributed by atoms with E-state index in [-0.39, 0.29) is 16.2 Å². The number of benzene rings is 1. The average Bonchev–Trinajstić information content (AvgIpc) is 2.70. The summed E-state index contributed by atoms with van der Waals surface area (Å²) in [7, 11) is 0. The Hall–Kier alpha value is -2.71. The topological polar surface area (TPSA) is 97.8 Å². The van der Waals surface area contributed by atoms with Gasteiger partial charge < -0.3 is 25.5 Å². The molecule has 154 valence electrons. The van der Waals surface area contributed by atoms with Crippen molar-refractivity contribution in [3.63, 3.8) is 0 Å². The third-order valence-corrected chi connectivity index (χ3v) is 5.13. The van der Waals surface area contributed by atoms with E-state index in [4.69, 9.17) is 28.3 Å². The summed E-state index contributed by atoms with van der Waals surface area (Å²) in [6, 6.07) is 10.3. The highest BCUT2D eigenvalue weighted by Crippen LogP contribution is 2.23. The van der Waals surface area contributed by atoms with E-state index in [0.717, 1.165) is 11.4 Å². The van der Waals surface area contributed by atoms with Crippen LogP contribution in [0.2, 0.25) is 10.3 Å². The largest absolute Gasteiger partial charge is 0.465 e. The van der Waals surface area contributed by atoms with Crippen LogP contribution >= 0.6 is 23.2 Å². The van der Waals surface area contributed by atoms with Crippen molar-refractivity contribution in [3.8, 4) is 0 Å². The minimum absolute atomic E-state index is 0.130. The standard InChI is InChI=1S/C19H21Cl2N5O3/c1-12(18(27)23-15-6-7-16(20)24-17(15)21)22-13-2-4-14(5-3-13)25-8-10-26(11-9-25)19(28)29/h2-7,12,22H,8-11H2,1H3,(H,23,27)(H,28,29). The Bertz CT molecular complexity index is 886. The van der Waals surface area contributed by atoms with Gasteiger partial charge in [-0.2, -0.15) is 0 Å². The van der Waals surface area contributed by atoms with E-state index in [1.807, 2.05) is 24.3 Å². The molecule has 1 aliphatic rings. The number of halogens is 2. The summed E-state index contributed by atoms with van der Waals surface area (Å²) < 4.78 is 0. The van der Waals surface area contributed by atoms with Crippen molar-refractivity contribution >= 4 is 52.3 Å². The number of amides is 2. The normalized spacial score (nSPS) is 15.0. The number of hydrogen-bond acceptors (Lipinski definition) is 5. The molecule has 1 aliphatic heterocycles. The molecule has 2 aromatic rings. The first-order valence-electron chi connectivity index (χ1n) is 9.06. The zero-order valence-corrected chi connectivity index (χ0v) is 17.2. The molecule has 1 aromatic heterocycles. The van der Waals surface area contributed by atoms with Gasteiger partial charge in [0.2, 0.25) is 5.91 Å². The van der Waals surface area contributed by atoms with Gasteiger partial charge in [0, 0.05) is 37.6 Å². The molecule has 3 rings (SSSR count). The van der Waals surface area contributed by atoms with Crippen LogP contribution in [0.1, 0.15) is 6.92 Å². The predicted octanol–water partition coefficient (Wildman–Crippen LogP) is 3.63. The van der Waals surface area contributed by atoms with E-state index in [0.29, 0.717) is 31.9 Å². The number of pyridine rings is 1. The maximum atomic E-state index is 12.4. The smallest absolute Gasteiger partial charge is 0.407 e. The Morgan fingerprint density at radius 3 is 2.31 bits per heavy atom. The number of hydrogen-bond donors (Lipinski definition) is 3. The van der Waals surface area contributed by atoms with Crippen molar-refractivity contribution in [2.24, 2.45) is 0 Å². The molecule has 2 heterocycles. The lowest BCUT2D eigenvalue weighted by Crippen LogP contribution is -2.48. The third kappa shape index (κ3) is 5.42. The average molecular weight is 438 g/mol. The van der Waals surface area contributed by atoms with Crippen molar-refractivity contribution in [2.75, 3.05) is 41.7 Å². The number of anilines is 3. The first kappa shape index (κ1) is 21.0. The number of piperazine rings is 1. The van der Waals surface area contributed by atoms with Crippen LogP contribution in [0, 0.1) is 0 Å². The van der Waals surface area contributed by atoms with E-state index in [2.05, 4.69) is 20.5 Å². The van der Waals surface area contributed by atoms with Gasteiger partial charge in [-0.05, 0) is 43.3 Å². The van der Waals surface area contributed by atoms with E-state index < -0.39 is 12.1 Å². The number of aromatic nitrogens is 1. The first-order chi connectivity index (χ1) is 13.8. The van der Waals surface area contributed by atoms with E-state index in [1.54, 1.807) is 19.1 Å². The number of rotatable bonds is 5. The van der Waals surface area contributed by atoms with Gasteiger partial charge >= 0.3 is 6.09 Å². The van der Waals surface area contributed by atoms with Crippen molar-refractivity contribution in [2.45, 2.75) is 13.0 Å². The highest BCUT2D eigenvalue weighted by molar-refractivity contribution is 6.34. The van der Waals surface area contributed by atoms with Crippen molar-refractivity contribution in [3.05, 3.63) is 46.7 Å². The summed E-state index contributed by atoms with van der Waals surface area (Å²) in [6.07, 6.45) is -0.882. The Balaban J connectivity index is 1.55. The van der Waals surface area contributed by atoms with E-state index in [1.165, 1.54) is 4.90 Å². The van der Waals surface area contributed by atoms with Gasteiger partial charge in [0.1, 0.15) is 11.2 Å². The Kier molecular flexibility index (Phi) is 6.66. The minimum Gasteiger partial charge on any atom is -0.465 e. The molecule has 0 spiro atoms. The maximum Gasteiger partial charge on any atom is 0.407 e. The zero-order valence-electron chi connectivity index (χ0n) is 15.7. The molecule has 1 aromatic carbocycles. The Morgan fingerprint density at radius 1 is 1.07 bits per heavy atom. The van der Waals surface area contributed by atoms with Gasteiger partial charge in [-0.3, -0.25) is 4.79 Å². The molecule has 1 unspecified atom stereocenters. The molecule has 10 heteroatoms. The molecule has 0 aliphatic carbocycles. The molecule has 29 heavy (non-hydrogen) atoms. The van der Waals surface area contributed by atoms with Crippen LogP contribution in [-0.2, 0) is 4.79 Å².